The molecule has 0 aromatic carbocycles. The summed E-state index contributed by atoms with van der Waals surface area (Å²) in [4.78, 5) is 30.9. The van der Waals surface area contributed by atoms with E-state index < -0.39 is 0 Å². The molecule has 1 aliphatic heterocycles. The van der Waals surface area contributed by atoms with Crippen molar-refractivity contribution in [2.24, 2.45) is 5.92 Å². The molecule has 6 heteroatoms. The molecule has 2 aliphatic rings. The highest BCUT2D eigenvalue weighted by molar-refractivity contribution is 7.09. The molecule has 4 rings (SSSR count). The molecule has 1 saturated carbocycles. The van der Waals surface area contributed by atoms with Crippen molar-refractivity contribution in [1.82, 2.24) is 14.4 Å². The van der Waals surface area contributed by atoms with E-state index >= 15 is 0 Å². The van der Waals surface area contributed by atoms with Crippen molar-refractivity contribution in [1.29, 1.82) is 0 Å². The molecule has 0 spiro atoms. The molecule has 0 N–H and O–H groups in total. The van der Waals surface area contributed by atoms with Crippen molar-refractivity contribution in [3.8, 4) is 0 Å². The Bertz CT molecular complexity index is 842. The second kappa shape index (κ2) is 8.11. The fourth-order valence-electron chi connectivity index (χ4n) is 4.55. The van der Waals surface area contributed by atoms with Gasteiger partial charge in [-0.3, -0.25) is 9.59 Å². The number of piperazine rings is 1. The number of carbonyl (C=O) groups is 2. The van der Waals surface area contributed by atoms with Gasteiger partial charge in [0.15, 0.2) is 0 Å². The van der Waals surface area contributed by atoms with Crippen molar-refractivity contribution in [3.63, 3.8) is 0 Å². The summed E-state index contributed by atoms with van der Waals surface area (Å²) in [5, 5.41) is 2.09. The minimum absolute atomic E-state index is 0.0958. The molecule has 1 aliphatic carbocycles. The Morgan fingerprint density at radius 2 is 1.75 bits per heavy atom. The van der Waals surface area contributed by atoms with Crippen LogP contribution in [0.25, 0.3) is 0 Å². The minimum Gasteiger partial charge on any atom is -0.343 e. The molecule has 0 radical (unpaired) electrons. The lowest BCUT2D eigenvalue weighted by Gasteiger charge is -2.36. The predicted molar refractivity (Wildman–Crippen MR) is 112 cm³/mol. The largest absolute Gasteiger partial charge is 0.343 e. The van der Waals surface area contributed by atoms with E-state index in [-0.39, 0.29) is 11.8 Å². The minimum atomic E-state index is 0.0958. The maximum atomic E-state index is 13.1. The number of hydrogen-bond acceptors (Lipinski definition) is 3. The van der Waals surface area contributed by atoms with Crippen LogP contribution >= 0.6 is 11.3 Å². The first-order valence-corrected chi connectivity index (χ1v) is 11.2. The molecular formula is C22H29N3O2S. The topological polar surface area (TPSA) is 45.6 Å². The van der Waals surface area contributed by atoms with Crippen LogP contribution < -0.4 is 0 Å². The van der Waals surface area contributed by atoms with Gasteiger partial charge in [0.2, 0.25) is 5.91 Å². The Morgan fingerprint density at radius 1 is 1.07 bits per heavy atom. The summed E-state index contributed by atoms with van der Waals surface area (Å²) >= 11 is 1.74. The molecule has 150 valence electrons. The summed E-state index contributed by atoms with van der Waals surface area (Å²) in [7, 11) is 0. The van der Waals surface area contributed by atoms with Crippen molar-refractivity contribution in [2.45, 2.75) is 46.1 Å². The van der Waals surface area contributed by atoms with E-state index in [1.54, 1.807) is 11.3 Å². The van der Waals surface area contributed by atoms with Crippen LogP contribution in [0.5, 0.6) is 0 Å². The van der Waals surface area contributed by atoms with Crippen LogP contribution in [-0.2, 0) is 11.3 Å². The van der Waals surface area contributed by atoms with Gasteiger partial charge >= 0.3 is 0 Å². The first-order chi connectivity index (χ1) is 13.5. The molecular weight excluding hydrogens is 370 g/mol. The van der Waals surface area contributed by atoms with Crippen LogP contribution in [0, 0.1) is 19.8 Å². The smallest absolute Gasteiger partial charge is 0.255 e. The summed E-state index contributed by atoms with van der Waals surface area (Å²) in [5.74, 6) is 0.621. The Kier molecular flexibility index (Phi) is 5.58. The lowest BCUT2D eigenvalue weighted by Crippen LogP contribution is -2.51. The molecule has 0 bridgehead atoms. The third-order valence-corrected chi connectivity index (χ3v) is 7.14. The zero-order valence-electron chi connectivity index (χ0n) is 16.8. The summed E-state index contributed by atoms with van der Waals surface area (Å²) in [5.41, 5.74) is 2.94. The number of aryl methyl sites for hydroxylation is 1. The average Bonchev–Trinajstić information content (AvgIpc) is 3.46. The van der Waals surface area contributed by atoms with Gasteiger partial charge in [-0.25, -0.2) is 0 Å². The number of amides is 2. The molecule has 5 nitrogen and oxygen atoms in total. The Morgan fingerprint density at radius 3 is 2.39 bits per heavy atom. The van der Waals surface area contributed by atoms with Crippen molar-refractivity contribution < 1.29 is 9.59 Å². The lowest BCUT2D eigenvalue weighted by molar-refractivity contribution is -0.136. The number of carbonyl (C=O) groups excluding carboxylic acids is 2. The fourth-order valence-corrected chi connectivity index (χ4v) is 5.24. The predicted octanol–water partition coefficient (Wildman–Crippen LogP) is 3.69. The number of hydrogen-bond donors (Lipinski definition) is 0. The molecule has 0 unspecified atom stereocenters. The quantitative estimate of drug-likeness (QED) is 0.787. The van der Waals surface area contributed by atoms with Crippen molar-refractivity contribution in [3.05, 3.63) is 45.4 Å². The zero-order chi connectivity index (χ0) is 19.7. The normalized spacial score (nSPS) is 18.1. The van der Waals surface area contributed by atoms with Gasteiger partial charge in [-0.1, -0.05) is 18.9 Å². The summed E-state index contributed by atoms with van der Waals surface area (Å²) < 4.78 is 2.22. The van der Waals surface area contributed by atoms with Crippen molar-refractivity contribution in [2.75, 3.05) is 26.2 Å². The summed E-state index contributed by atoms with van der Waals surface area (Å²) in [6, 6.07) is 6.21. The monoisotopic (exact) mass is 399 g/mol. The summed E-state index contributed by atoms with van der Waals surface area (Å²) in [6.45, 7) is 7.50. The first-order valence-electron chi connectivity index (χ1n) is 10.3. The van der Waals surface area contributed by atoms with Gasteiger partial charge in [0.25, 0.3) is 5.91 Å². The SMILES string of the molecule is Cc1cc(C(=O)N2CCN(C(=O)C3CCCC3)CC2)c(C)n1Cc1cccs1. The van der Waals surface area contributed by atoms with Crippen LogP contribution in [0.2, 0.25) is 0 Å². The third-order valence-electron chi connectivity index (χ3n) is 6.28. The van der Waals surface area contributed by atoms with Crippen LogP contribution in [0.15, 0.2) is 23.6 Å². The van der Waals surface area contributed by atoms with Crippen LogP contribution in [0.3, 0.4) is 0 Å². The maximum absolute atomic E-state index is 13.1. The highest BCUT2D eigenvalue weighted by Gasteiger charge is 2.31. The van der Waals surface area contributed by atoms with E-state index in [1.165, 1.54) is 17.7 Å². The van der Waals surface area contributed by atoms with E-state index in [9.17, 15) is 9.59 Å². The van der Waals surface area contributed by atoms with Crippen LogP contribution in [0.4, 0.5) is 0 Å². The van der Waals surface area contributed by atoms with Gasteiger partial charge in [-0.05, 0) is 44.2 Å². The number of thiophene rings is 1. The Balaban J connectivity index is 1.41. The lowest BCUT2D eigenvalue weighted by atomic mass is 10.1. The highest BCUT2D eigenvalue weighted by Crippen LogP contribution is 2.27. The van der Waals surface area contributed by atoms with E-state index in [1.807, 2.05) is 22.8 Å². The van der Waals surface area contributed by atoms with E-state index in [0.717, 1.165) is 36.3 Å². The average molecular weight is 400 g/mol. The van der Waals surface area contributed by atoms with E-state index in [0.29, 0.717) is 32.1 Å². The number of rotatable bonds is 4. The van der Waals surface area contributed by atoms with Gasteiger partial charge < -0.3 is 14.4 Å². The molecule has 3 heterocycles. The van der Waals surface area contributed by atoms with E-state index in [2.05, 4.69) is 29.0 Å². The Labute approximate surface area is 170 Å². The molecule has 2 amide bonds. The van der Waals surface area contributed by atoms with Crippen LogP contribution in [0.1, 0.15) is 52.3 Å². The molecule has 2 fully saturated rings. The third kappa shape index (κ3) is 3.75. The maximum Gasteiger partial charge on any atom is 0.255 e. The molecule has 28 heavy (non-hydrogen) atoms. The van der Waals surface area contributed by atoms with Gasteiger partial charge in [0, 0.05) is 48.4 Å². The van der Waals surface area contributed by atoms with Crippen molar-refractivity contribution >= 4 is 23.2 Å². The highest BCUT2D eigenvalue weighted by atomic mass is 32.1. The van der Waals surface area contributed by atoms with Gasteiger partial charge in [0.1, 0.15) is 0 Å². The molecule has 2 aromatic heterocycles. The van der Waals surface area contributed by atoms with E-state index in [4.69, 9.17) is 0 Å². The van der Waals surface area contributed by atoms with Crippen LogP contribution in [-0.4, -0.2) is 52.4 Å². The first kappa shape index (κ1) is 19.2. The second-order valence-electron chi connectivity index (χ2n) is 8.05. The van der Waals surface area contributed by atoms with Gasteiger partial charge in [-0.2, -0.15) is 0 Å². The number of nitrogens with zero attached hydrogens (tertiary/aromatic N) is 3. The molecule has 2 aromatic rings. The zero-order valence-corrected chi connectivity index (χ0v) is 17.6. The van der Waals surface area contributed by atoms with Gasteiger partial charge in [0.05, 0.1) is 12.1 Å². The fraction of sp³-hybridized carbons (Fsp3) is 0.545. The molecule has 0 atom stereocenters. The second-order valence-corrected chi connectivity index (χ2v) is 9.08. The Hall–Kier alpha value is -2.08. The summed E-state index contributed by atoms with van der Waals surface area (Å²) in [6.07, 6.45) is 4.42. The standard InChI is InChI=1S/C22H29N3O2S/c1-16-14-20(17(2)25(16)15-19-8-5-13-28-19)22(27)24-11-9-23(10-12-24)21(26)18-6-3-4-7-18/h5,8,13-14,18H,3-4,6-7,9-12,15H2,1-2H3. The number of aromatic nitrogens is 1. The van der Waals surface area contributed by atoms with Gasteiger partial charge in [-0.15, -0.1) is 11.3 Å². The molecule has 1 saturated heterocycles.